The second-order valence-electron chi connectivity index (χ2n) is 6.71. The number of aryl methyl sites for hydroxylation is 2. The lowest BCUT2D eigenvalue weighted by Gasteiger charge is -2.08. The molecule has 0 amide bonds. The minimum absolute atomic E-state index is 0.104. The van der Waals surface area contributed by atoms with E-state index in [0.29, 0.717) is 5.89 Å². The average molecular weight is 369 g/mol. The highest BCUT2D eigenvalue weighted by molar-refractivity contribution is 7.91. The van der Waals surface area contributed by atoms with E-state index in [1.54, 1.807) is 26.3 Å². The molecule has 4 nitrogen and oxygen atoms in total. The number of sulfone groups is 1. The monoisotopic (exact) mass is 369 g/mol. The summed E-state index contributed by atoms with van der Waals surface area (Å²) in [5.74, 6) is 0.733. The van der Waals surface area contributed by atoms with Crippen molar-refractivity contribution in [1.29, 1.82) is 0 Å². The van der Waals surface area contributed by atoms with Crippen molar-refractivity contribution >= 4 is 9.84 Å². The van der Waals surface area contributed by atoms with Crippen LogP contribution >= 0.6 is 0 Å². The Balaban J connectivity index is 1.58. The van der Waals surface area contributed by atoms with Crippen molar-refractivity contribution in [3.05, 3.63) is 77.7 Å². The van der Waals surface area contributed by atoms with Crippen LogP contribution in [0.15, 0.2) is 65.4 Å². The van der Waals surface area contributed by atoms with E-state index in [4.69, 9.17) is 4.42 Å². The van der Waals surface area contributed by atoms with E-state index in [2.05, 4.69) is 17.1 Å². The lowest BCUT2D eigenvalue weighted by Crippen LogP contribution is -2.15. The van der Waals surface area contributed by atoms with E-state index in [0.717, 1.165) is 24.0 Å². The summed E-state index contributed by atoms with van der Waals surface area (Å²) >= 11 is 0. The molecule has 0 N–H and O–H groups in total. The predicted molar refractivity (Wildman–Crippen MR) is 104 cm³/mol. The van der Waals surface area contributed by atoms with E-state index in [1.165, 1.54) is 11.1 Å². The van der Waals surface area contributed by atoms with E-state index in [-0.39, 0.29) is 11.0 Å². The maximum absolute atomic E-state index is 12.0. The molecule has 26 heavy (non-hydrogen) atoms. The molecule has 5 heteroatoms. The summed E-state index contributed by atoms with van der Waals surface area (Å²) in [5, 5.41) is -0.346. The predicted octanol–water partition coefficient (Wildman–Crippen LogP) is 4.45. The molecule has 3 rings (SSSR count). The first-order chi connectivity index (χ1) is 12.4. The van der Waals surface area contributed by atoms with Crippen molar-refractivity contribution in [2.45, 2.75) is 37.7 Å². The van der Waals surface area contributed by atoms with Gasteiger partial charge in [-0.25, -0.2) is 13.4 Å². The molecule has 0 atom stereocenters. The Morgan fingerprint density at radius 2 is 1.42 bits per heavy atom. The molecule has 0 saturated carbocycles. The lowest BCUT2D eigenvalue weighted by molar-refractivity contribution is 0.574. The molecule has 3 aromatic rings. The summed E-state index contributed by atoms with van der Waals surface area (Å²) in [6, 6.07) is 16.1. The largest absolute Gasteiger partial charge is 0.445 e. The first-order valence-electron chi connectivity index (χ1n) is 8.72. The summed E-state index contributed by atoms with van der Waals surface area (Å²) in [5.41, 5.74) is 4.26. The molecule has 0 aliphatic heterocycles. The third-order valence-electron chi connectivity index (χ3n) is 4.44. The quantitative estimate of drug-likeness (QED) is 0.617. The molecule has 0 spiro atoms. The molecule has 0 fully saturated rings. The molecule has 2 aromatic carbocycles. The number of hydrogen-bond acceptors (Lipinski definition) is 4. The molecule has 1 heterocycles. The molecule has 0 unspecified atom stereocenters. The van der Waals surface area contributed by atoms with Crippen molar-refractivity contribution in [3.63, 3.8) is 0 Å². The molecular formula is C21H23NO3S. The Hall–Kier alpha value is -2.40. The SMILES string of the molecule is CC(C)S(=O)(=O)Cc1ccc(CCc2ccc(-c3ncco3)cc2)cc1. The molecule has 0 aliphatic rings. The zero-order chi connectivity index (χ0) is 18.6. The fourth-order valence-electron chi connectivity index (χ4n) is 2.67. The van der Waals surface area contributed by atoms with E-state index >= 15 is 0 Å². The van der Waals surface area contributed by atoms with Gasteiger partial charge >= 0.3 is 0 Å². The van der Waals surface area contributed by atoms with E-state index < -0.39 is 9.84 Å². The number of oxazole rings is 1. The van der Waals surface area contributed by atoms with Gasteiger partial charge in [0, 0.05) is 5.56 Å². The lowest BCUT2D eigenvalue weighted by atomic mass is 10.0. The van der Waals surface area contributed by atoms with Crippen LogP contribution in [-0.2, 0) is 28.4 Å². The summed E-state index contributed by atoms with van der Waals surface area (Å²) in [6.07, 6.45) is 5.05. The average Bonchev–Trinajstić information content (AvgIpc) is 3.16. The second-order valence-corrected chi connectivity index (χ2v) is 9.26. The van der Waals surface area contributed by atoms with Crippen molar-refractivity contribution < 1.29 is 12.8 Å². The Morgan fingerprint density at radius 1 is 0.885 bits per heavy atom. The standard InChI is InChI=1S/C21H23NO3S/c1-16(2)26(23,24)15-19-7-5-17(6-8-19)3-4-18-9-11-20(12-10-18)21-22-13-14-25-21/h5-14,16H,3-4,15H2,1-2H3. The molecule has 0 aliphatic carbocycles. The minimum atomic E-state index is -3.05. The van der Waals surface area contributed by atoms with Crippen LogP contribution in [0, 0.1) is 0 Å². The van der Waals surface area contributed by atoms with Crippen molar-refractivity contribution in [2.75, 3.05) is 0 Å². The van der Waals surface area contributed by atoms with Crippen LogP contribution in [0.4, 0.5) is 0 Å². The Kier molecular flexibility index (Phi) is 5.57. The third-order valence-corrected chi connectivity index (χ3v) is 6.62. The first kappa shape index (κ1) is 18.4. The van der Waals surface area contributed by atoms with Gasteiger partial charge in [0.1, 0.15) is 6.26 Å². The van der Waals surface area contributed by atoms with Gasteiger partial charge in [0.15, 0.2) is 9.84 Å². The molecule has 136 valence electrons. The van der Waals surface area contributed by atoms with Gasteiger partial charge in [0.05, 0.1) is 17.2 Å². The van der Waals surface area contributed by atoms with E-state index in [1.807, 2.05) is 36.4 Å². The Labute approximate surface area is 154 Å². The van der Waals surface area contributed by atoms with Gasteiger partial charge in [-0.2, -0.15) is 0 Å². The summed E-state index contributed by atoms with van der Waals surface area (Å²) in [7, 11) is -3.05. The van der Waals surface area contributed by atoms with Crippen LogP contribution in [-0.4, -0.2) is 18.7 Å². The molecule has 0 saturated heterocycles. The van der Waals surface area contributed by atoms with Crippen molar-refractivity contribution in [2.24, 2.45) is 0 Å². The first-order valence-corrected chi connectivity index (χ1v) is 10.4. The van der Waals surface area contributed by atoms with Gasteiger partial charge in [-0.15, -0.1) is 0 Å². The normalized spacial score (nSPS) is 11.8. The summed E-state index contributed by atoms with van der Waals surface area (Å²) in [4.78, 5) is 4.14. The van der Waals surface area contributed by atoms with Crippen molar-refractivity contribution in [1.82, 2.24) is 4.98 Å². The van der Waals surface area contributed by atoms with Gasteiger partial charge < -0.3 is 4.42 Å². The van der Waals surface area contributed by atoms with Crippen LogP contribution in [0.2, 0.25) is 0 Å². The number of nitrogens with zero attached hydrogens (tertiary/aromatic N) is 1. The second kappa shape index (κ2) is 7.87. The fourth-order valence-corrected chi connectivity index (χ4v) is 3.66. The fraction of sp³-hybridized carbons (Fsp3) is 0.286. The zero-order valence-electron chi connectivity index (χ0n) is 15.1. The molecule has 0 bridgehead atoms. The van der Waals surface area contributed by atoms with Crippen LogP contribution in [0.25, 0.3) is 11.5 Å². The highest BCUT2D eigenvalue weighted by atomic mass is 32.2. The number of hydrogen-bond donors (Lipinski definition) is 0. The topological polar surface area (TPSA) is 60.2 Å². The highest BCUT2D eigenvalue weighted by Crippen LogP contribution is 2.19. The maximum Gasteiger partial charge on any atom is 0.225 e. The Morgan fingerprint density at radius 3 is 1.92 bits per heavy atom. The number of benzene rings is 2. The van der Waals surface area contributed by atoms with Gasteiger partial charge in [-0.05, 0) is 55.5 Å². The zero-order valence-corrected chi connectivity index (χ0v) is 15.9. The van der Waals surface area contributed by atoms with Gasteiger partial charge in [-0.1, -0.05) is 36.4 Å². The van der Waals surface area contributed by atoms with Crippen LogP contribution in [0.5, 0.6) is 0 Å². The Bertz CT molecular complexity index is 926. The number of aromatic nitrogens is 1. The smallest absolute Gasteiger partial charge is 0.225 e. The van der Waals surface area contributed by atoms with Crippen LogP contribution in [0.1, 0.15) is 30.5 Å². The summed E-state index contributed by atoms with van der Waals surface area (Å²) < 4.78 is 29.3. The molecule has 1 aromatic heterocycles. The summed E-state index contributed by atoms with van der Waals surface area (Å²) in [6.45, 7) is 3.44. The van der Waals surface area contributed by atoms with Crippen LogP contribution < -0.4 is 0 Å². The van der Waals surface area contributed by atoms with Gasteiger partial charge in [0.25, 0.3) is 0 Å². The minimum Gasteiger partial charge on any atom is -0.445 e. The maximum atomic E-state index is 12.0. The molecular weight excluding hydrogens is 346 g/mol. The third kappa shape index (κ3) is 4.61. The van der Waals surface area contributed by atoms with Gasteiger partial charge in [-0.3, -0.25) is 0 Å². The van der Waals surface area contributed by atoms with Gasteiger partial charge in [0.2, 0.25) is 5.89 Å². The number of rotatable bonds is 7. The highest BCUT2D eigenvalue weighted by Gasteiger charge is 2.16. The molecule has 0 radical (unpaired) electrons. The van der Waals surface area contributed by atoms with E-state index in [9.17, 15) is 8.42 Å². The van der Waals surface area contributed by atoms with Crippen LogP contribution in [0.3, 0.4) is 0 Å². The van der Waals surface area contributed by atoms with Crippen molar-refractivity contribution in [3.8, 4) is 11.5 Å².